The Kier molecular flexibility index (Phi) is 2.63. The highest BCUT2D eigenvalue weighted by Crippen LogP contribution is 2.21. The zero-order valence-electron chi connectivity index (χ0n) is 9.70. The highest BCUT2D eigenvalue weighted by atomic mass is 16.5. The van der Waals surface area contributed by atoms with Crippen LogP contribution in [0, 0.1) is 0 Å². The molecule has 1 unspecified atom stereocenters. The number of nitrogens with zero attached hydrogens (tertiary/aromatic N) is 1. The second-order valence-corrected chi connectivity index (χ2v) is 4.74. The average molecular weight is 236 g/mol. The summed E-state index contributed by atoms with van der Waals surface area (Å²) in [7, 11) is 0. The van der Waals surface area contributed by atoms with Crippen LogP contribution in [0.4, 0.5) is 0 Å². The predicted octanol–water partition coefficient (Wildman–Crippen LogP) is 0.724. The highest BCUT2D eigenvalue weighted by molar-refractivity contribution is 5.21. The normalized spacial score (nSPS) is 23.6. The summed E-state index contributed by atoms with van der Waals surface area (Å²) in [4.78, 5) is 27.0. The van der Waals surface area contributed by atoms with Crippen LogP contribution in [0.3, 0.4) is 0 Å². The van der Waals surface area contributed by atoms with Gasteiger partial charge in [0.25, 0.3) is 5.56 Å². The molecule has 1 aromatic rings. The van der Waals surface area contributed by atoms with Gasteiger partial charge in [0.15, 0.2) is 0 Å². The van der Waals surface area contributed by atoms with Gasteiger partial charge in [-0.1, -0.05) is 0 Å². The number of H-pyrrole nitrogens is 1. The van der Waals surface area contributed by atoms with Crippen molar-refractivity contribution in [1.29, 1.82) is 0 Å². The second kappa shape index (κ2) is 4.14. The third-order valence-electron chi connectivity index (χ3n) is 3.62. The van der Waals surface area contributed by atoms with E-state index in [9.17, 15) is 9.59 Å². The number of aryl methyl sites for hydroxylation is 1. The lowest BCUT2D eigenvalue weighted by Gasteiger charge is -2.24. The molecular formula is C12H16N2O3. The van der Waals surface area contributed by atoms with E-state index in [-0.39, 0.29) is 17.5 Å². The molecule has 1 saturated heterocycles. The first-order valence-corrected chi connectivity index (χ1v) is 6.25. The molecule has 5 heteroatoms. The minimum atomic E-state index is -0.370. The average Bonchev–Trinajstić information content (AvgIpc) is 2.78. The lowest BCUT2D eigenvalue weighted by Crippen LogP contribution is -2.42. The van der Waals surface area contributed by atoms with Crippen LogP contribution >= 0.6 is 0 Å². The smallest absolute Gasteiger partial charge is 0.330 e. The summed E-state index contributed by atoms with van der Waals surface area (Å²) < 4.78 is 6.80. The van der Waals surface area contributed by atoms with E-state index < -0.39 is 0 Å². The van der Waals surface area contributed by atoms with Crippen LogP contribution in [0.25, 0.3) is 0 Å². The summed E-state index contributed by atoms with van der Waals surface area (Å²) in [5.74, 6) is 0. The summed E-state index contributed by atoms with van der Waals surface area (Å²) in [5.41, 5.74) is 1.14. The molecule has 0 amide bonds. The molecular weight excluding hydrogens is 220 g/mol. The van der Waals surface area contributed by atoms with Crippen LogP contribution in [-0.2, 0) is 17.6 Å². The first kappa shape index (κ1) is 10.8. The SMILES string of the molecule is O=c1[nH]c2c(c(=O)n1C1CCCCO1)CCC2. The monoisotopic (exact) mass is 236 g/mol. The Labute approximate surface area is 98.4 Å². The molecule has 0 spiro atoms. The van der Waals surface area contributed by atoms with Gasteiger partial charge in [-0.25, -0.2) is 9.36 Å². The van der Waals surface area contributed by atoms with Crippen molar-refractivity contribution in [3.8, 4) is 0 Å². The summed E-state index contributed by atoms with van der Waals surface area (Å²) in [6, 6.07) is 0. The number of fused-ring (bicyclic) bond motifs is 1. The van der Waals surface area contributed by atoms with Crippen molar-refractivity contribution in [3.05, 3.63) is 32.1 Å². The van der Waals surface area contributed by atoms with Gasteiger partial charge in [0.05, 0.1) is 0 Å². The van der Waals surface area contributed by atoms with Crippen molar-refractivity contribution >= 4 is 0 Å². The molecule has 1 aliphatic heterocycles. The summed E-state index contributed by atoms with van der Waals surface area (Å²) in [6.45, 7) is 0.633. The van der Waals surface area contributed by atoms with Gasteiger partial charge in [0.1, 0.15) is 6.23 Å². The Bertz CT molecular complexity index is 538. The molecule has 1 aliphatic carbocycles. The maximum Gasteiger partial charge on any atom is 0.330 e. The van der Waals surface area contributed by atoms with Gasteiger partial charge in [-0.3, -0.25) is 4.79 Å². The van der Waals surface area contributed by atoms with Crippen molar-refractivity contribution < 1.29 is 4.74 Å². The van der Waals surface area contributed by atoms with E-state index in [1.54, 1.807) is 0 Å². The maximum atomic E-state index is 12.2. The van der Waals surface area contributed by atoms with E-state index in [1.807, 2.05) is 0 Å². The molecule has 2 aliphatic rings. The van der Waals surface area contributed by atoms with E-state index in [0.29, 0.717) is 6.61 Å². The van der Waals surface area contributed by atoms with Gasteiger partial charge in [0, 0.05) is 17.9 Å². The summed E-state index contributed by atoms with van der Waals surface area (Å²) in [6.07, 6.45) is 4.94. The van der Waals surface area contributed by atoms with Gasteiger partial charge in [-0.05, 0) is 38.5 Å². The number of hydrogen-bond donors (Lipinski definition) is 1. The van der Waals surface area contributed by atoms with Gasteiger partial charge < -0.3 is 9.72 Å². The Morgan fingerprint density at radius 3 is 2.82 bits per heavy atom. The fourth-order valence-electron chi connectivity index (χ4n) is 2.73. The van der Waals surface area contributed by atoms with Crippen molar-refractivity contribution in [1.82, 2.24) is 9.55 Å². The Balaban J connectivity index is 2.10. The van der Waals surface area contributed by atoms with Gasteiger partial charge >= 0.3 is 5.69 Å². The molecule has 0 bridgehead atoms. The zero-order valence-corrected chi connectivity index (χ0v) is 9.70. The number of nitrogens with one attached hydrogen (secondary N) is 1. The van der Waals surface area contributed by atoms with Crippen LogP contribution in [0.2, 0.25) is 0 Å². The van der Waals surface area contributed by atoms with Crippen LogP contribution in [0.5, 0.6) is 0 Å². The molecule has 1 aromatic heterocycles. The molecule has 1 N–H and O–H groups in total. The number of hydrogen-bond acceptors (Lipinski definition) is 3. The first-order chi connectivity index (χ1) is 8.27. The number of aromatic amines is 1. The summed E-state index contributed by atoms with van der Waals surface area (Å²) >= 11 is 0. The molecule has 17 heavy (non-hydrogen) atoms. The van der Waals surface area contributed by atoms with E-state index in [4.69, 9.17) is 4.74 Å². The van der Waals surface area contributed by atoms with Crippen LogP contribution < -0.4 is 11.2 Å². The number of aromatic nitrogens is 2. The Morgan fingerprint density at radius 1 is 1.18 bits per heavy atom. The number of ether oxygens (including phenoxy) is 1. The minimum absolute atomic E-state index is 0.145. The van der Waals surface area contributed by atoms with Crippen molar-refractivity contribution in [2.45, 2.75) is 44.8 Å². The molecule has 3 rings (SSSR count). The lowest BCUT2D eigenvalue weighted by atomic mass is 10.2. The fraction of sp³-hybridized carbons (Fsp3) is 0.667. The quantitative estimate of drug-likeness (QED) is 0.781. The van der Waals surface area contributed by atoms with Gasteiger partial charge in [-0.15, -0.1) is 0 Å². The lowest BCUT2D eigenvalue weighted by molar-refractivity contribution is -0.0369. The summed E-state index contributed by atoms with van der Waals surface area (Å²) in [5, 5.41) is 0. The van der Waals surface area contributed by atoms with E-state index in [2.05, 4.69) is 4.98 Å². The molecule has 1 fully saturated rings. The van der Waals surface area contributed by atoms with Crippen molar-refractivity contribution in [2.24, 2.45) is 0 Å². The Morgan fingerprint density at radius 2 is 2.06 bits per heavy atom. The van der Waals surface area contributed by atoms with Crippen LogP contribution in [0.15, 0.2) is 9.59 Å². The predicted molar refractivity (Wildman–Crippen MR) is 62.2 cm³/mol. The molecule has 0 saturated carbocycles. The molecule has 5 nitrogen and oxygen atoms in total. The van der Waals surface area contributed by atoms with Crippen LogP contribution in [0.1, 0.15) is 43.2 Å². The van der Waals surface area contributed by atoms with Crippen LogP contribution in [-0.4, -0.2) is 16.2 Å². The van der Waals surface area contributed by atoms with Crippen molar-refractivity contribution in [3.63, 3.8) is 0 Å². The van der Waals surface area contributed by atoms with Gasteiger partial charge in [-0.2, -0.15) is 0 Å². The standard InChI is InChI=1S/C12H16N2O3/c15-11-8-4-3-5-9(8)13-12(16)14(11)10-6-1-2-7-17-10/h10H,1-7H2,(H,13,16). The molecule has 2 heterocycles. The zero-order chi connectivity index (χ0) is 11.8. The second-order valence-electron chi connectivity index (χ2n) is 4.74. The van der Waals surface area contributed by atoms with Crippen molar-refractivity contribution in [2.75, 3.05) is 6.61 Å². The highest BCUT2D eigenvalue weighted by Gasteiger charge is 2.24. The minimum Gasteiger partial charge on any atom is -0.358 e. The van der Waals surface area contributed by atoms with Gasteiger partial charge in [0.2, 0.25) is 0 Å². The maximum absolute atomic E-state index is 12.2. The fourth-order valence-corrected chi connectivity index (χ4v) is 2.73. The third-order valence-corrected chi connectivity index (χ3v) is 3.62. The van der Waals surface area contributed by atoms with E-state index in [0.717, 1.165) is 49.8 Å². The van der Waals surface area contributed by atoms with E-state index in [1.165, 1.54) is 4.57 Å². The molecule has 92 valence electrons. The Hall–Kier alpha value is -1.36. The molecule has 1 atom stereocenters. The topological polar surface area (TPSA) is 64.1 Å². The third kappa shape index (κ3) is 1.74. The number of rotatable bonds is 1. The largest absolute Gasteiger partial charge is 0.358 e. The molecule has 0 radical (unpaired) electrons. The molecule has 0 aromatic carbocycles. The first-order valence-electron chi connectivity index (χ1n) is 6.25. The van der Waals surface area contributed by atoms with E-state index >= 15 is 0 Å².